The molecule has 0 aliphatic carbocycles. The molecule has 0 fully saturated rings. The molecule has 1 aliphatic heterocycles. The molecule has 0 N–H and O–H groups in total. The zero-order valence-electron chi connectivity index (χ0n) is 8.50. The summed E-state index contributed by atoms with van der Waals surface area (Å²) in [7, 11) is 0. The van der Waals surface area contributed by atoms with E-state index < -0.39 is 11.7 Å². The molecule has 1 atom stereocenters. The Hall–Kier alpha value is -1.29. The van der Waals surface area contributed by atoms with Gasteiger partial charge < -0.3 is 4.74 Å². The molecule has 1 unspecified atom stereocenters. The van der Waals surface area contributed by atoms with Gasteiger partial charge in [-0.1, -0.05) is 24.3 Å². The Bertz CT molecular complexity index is 378. The zero-order valence-corrected chi connectivity index (χ0v) is 8.50. The summed E-state index contributed by atoms with van der Waals surface area (Å²) in [6.45, 7) is 0.613. The molecular weight excluding hydrogens is 217 g/mol. The van der Waals surface area contributed by atoms with Gasteiger partial charge in [0.25, 0.3) is 0 Å². The number of hydrogen-bond donors (Lipinski definition) is 0. The Labute approximate surface area is 91.5 Å². The quantitative estimate of drug-likeness (QED) is 0.665. The van der Waals surface area contributed by atoms with Crippen molar-refractivity contribution in [3.05, 3.63) is 47.5 Å². The van der Waals surface area contributed by atoms with Gasteiger partial charge in [-0.2, -0.15) is 13.2 Å². The summed E-state index contributed by atoms with van der Waals surface area (Å²) >= 11 is 0. The number of alkyl halides is 3. The molecule has 1 nitrogen and oxygen atoms in total. The highest BCUT2D eigenvalue weighted by atomic mass is 19.4. The maximum atomic E-state index is 12.3. The molecule has 2 rings (SSSR count). The van der Waals surface area contributed by atoms with Crippen molar-refractivity contribution in [2.45, 2.75) is 18.7 Å². The third-order valence-electron chi connectivity index (χ3n) is 2.46. The average molecular weight is 228 g/mol. The van der Waals surface area contributed by atoms with Crippen molar-refractivity contribution in [1.82, 2.24) is 0 Å². The van der Waals surface area contributed by atoms with Gasteiger partial charge in [0.15, 0.2) is 0 Å². The van der Waals surface area contributed by atoms with E-state index in [-0.39, 0.29) is 6.10 Å². The fourth-order valence-electron chi connectivity index (χ4n) is 1.61. The Morgan fingerprint density at radius 3 is 2.31 bits per heavy atom. The molecule has 0 amide bonds. The molecule has 4 heteroatoms. The lowest BCUT2D eigenvalue weighted by Crippen LogP contribution is -2.08. The van der Waals surface area contributed by atoms with Crippen LogP contribution in [0.15, 0.2) is 36.4 Å². The van der Waals surface area contributed by atoms with Crippen LogP contribution in [0, 0.1) is 0 Å². The van der Waals surface area contributed by atoms with E-state index >= 15 is 0 Å². The minimum absolute atomic E-state index is 0.212. The fraction of sp³-hybridized carbons (Fsp3) is 0.333. The van der Waals surface area contributed by atoms with Crippen LogP contribution < -0.4 is 0 Å². The van der Waals surface area contributed by atoms with Gasteiger partial charge in [-0.05, 0) is 24.1 Å². The van der Waals surface area contributed by atoms with E-state index in [0.29, 0.717) is 6.61 Å². The average Bonchev–Trinajstić information content (AvgIpc) is 2.29. The van der Waals surface area contributed by atoms with Crippen LogP contribution in [0.5, 0.6) is 0 Å². The van der Waals surface area contributed by atoms with E-state index in [9.17, 15) is 13.2 Å². The number of hydrogen-bond acceptors (Lipinski definition) is 1. The van der Waals surface area contributed by atoms with Crippen molar-refractivity contribution in [2.75, 3.05) is 6.61 Å². The van der Waals surface area contributed by atoms with Crippen LogP contribution in [0.2, 0.25) is 0 Å². The first-order valence-corrected chi connectivity index (χ1v) is 5.03. The Morgan fingerprint density at radius 1 is 1.12 bits per heavy atom. The molecule has 1 aromatic carbocycles. The molecule has 16 heavy (non-hydrogen) atoms. The number of rotatable bonds is 1. The lowest BCUT2D eigenvalue weighted by atomic mass is 10.0. The predicted molar refractivity (Wildman–Crippen MR) is 53.9 cm³/mol. The smallest absolute Gasteiger partial charge is 0.369 e. The summed E-state index contributed by atoms with van der Waals surface area (Å²) in [5, 5.41) is 0. The highest BCUT2D eigenvalue weighted by Gasteiger charge is 2.30. The van der Waals surface area contributed by atoms with Crippen LogP contribution in [0.25, 0.3) is 0 Å². The number of ether oxygens (including phenoxy) is 1. The molecule has 1 aliphatic rings. The van der Waals surface area contributed by atoms with Crippen LogP contribution in [0.3, 0.4) is 0 Å². The van der Waals surface area contributed by atoms with Gasteiger partial charge in [0, 0.05) is 0 Å². The largest absolute Gasteiger partial charge is 0.416 e. The summed E-state index contributed by atoms with van der Waals surface area (Å²) < 4.78 is 42.4. The van der Waals surface area contributed by atoms with Gasteiger partial charge in [-0.3, -0.25) is 0 Å². The SMILES string of the molecule is FC(F)(F)c1ccc(C2C=CCCO2)cc1. The van der Waals surface area contributed by atoms with Crippen molar-refractivity contribution in [2.24, 2.45) is 0 Å². The standard InChI is InChI=1S/C12H11F3O/c13-12(14,15)10-6-4-9(5-7-10)11-3-1-2-8-16-11/h1,3-7,11H,2,8H2. The van der Waals surface area contributed by atoms with E-state index in [1.807, 2.05) is 12.2 Å². The van der Waals surface area contributed by atoms with Crippen molar-refractivity contribution in [3.63, 3.8) is 0 Å². The van der Waals surface area contributed by atoms with E-state index in [4.69, 9.17) is 4.74 Å². The summed E-state index contributed by atoms with van der Waals surface area (Å²) in [4.78, 5) is 0. The first kappa shape index (κ1) is 11.2. The summed E-state index contributed by atoms with van der Waals surface area (Å²) in [5.41, 5.74) is 0.125. The molecular formula is C12H11F3O. The summed E-state index contributed by atoms with van der Waals surface area (Å²) in [6.07, 6.45) is 0.215. The molecule has 0 radical (unpaired) electrons. The van der Waals surface area contributed by atoms with Gasteiger partial charge in [0.05, 0.1) is 12.2 Å². The van der Waals surface area contributed by atoms with Crippen molar-refractivity contribution >= 4 is 0 Å². The topological polar surface area (TPSA) is 9.23 Å². The van der Waals surface area contributed by atoms with E-state index in [0.717, 1.165) is 24.1 Å². The molecule has 0 saturated heterocycles. The third-order valence-corrected chi connectivity index (χ3v) is 2.46. The Morgan fingerprint density at radius 2 is 1.81 bits per heavy atom. The molecule has 86 valence electrons. The maximum Gasteiger partial charge on any atom is 0.416 e. The first-order valence-electron chi connectivity index (χ1n) is 5.03. The highest BCUT2D eigenvalue weighted by Crippen LogP contribution is 2.31. The molecule has 1 aromatic rings. The second-order valence-corrected chi connectivity index (χ2v) is 3.63. The van der Waals surface area contributed by atoms with Crippen molar-refractivity contribution in [3.8, 4) is 0 Å². The Kier molecular flexibility index (Phi) is 3.01. The summed E-state index contributed by atoms with van der Waals surface area (Å²) in [6, 6.07) is 5.09. The molecule has 0 saturated carbocycles. The second-order valence-electron chi connectivity index (χ2n) is 3.63. The van der Waals surface area contributed by atoms with Gasteiger partial charge in [-0.15, -0.1) is 0 Å². The second kappa shape index (κ2) is 4.29. The van der Waals surface area contributed by atoms with Crippen LogP contribution in [0.4, 0.5) is 13.2 Å². The van der Waals surface area contributed by atoms with Crippen LogP contribution in [-0.4, -0.2) is 6.61 Å². The van der Waals surface area contributed by atoms with Crippen LogP contribution in [0.1, 0.15) is 23.7 Å². The van der Waals surface area contributed by atoms with E-state index in [1.165, 1.54) is 12.1 Å². The molecule has 0 bridgehead atoms. The fourth-order valence-corrected chi connectivity index (χ4v) is 1.61. The number of benzene rings is 1. The molecule has 0 spiro atoms. The zero-order chi connectivity index (χ0) is 11.6. The minimum atomic E-state index is -4.28. The number of halogens is 3. The first-order chi connectivity index (χ1) is 7.57. The van der Waals surface area contributed by atoms with Crippen molar-refractivity contribution in [1.29, 1.82) is 0 Å². The van der Waals surface area contributed by atoms with E-state index in [2.05, 4.69) is 0 Å². The van der Waals surface area contributed by atoms with Crippen LogP contribution in [-0.2, 0) is 10.9 Å². The van der Waals surface area contributed by atoms with Crippen molar-refractivity contribution < 1.29 is 17.9 Å². The molecule has 1 heterocycles. The minimum Gasteiger partial charge on any atom is -0.369 e. The van der Waals surface area contributed by atoms with Gasteiger partial charge in [0.1, 0.15) is 6.10 Å². The predicted octanol–water partition coefficient (Wildman–Crippen LogP) is 3.72. The van der Waals surface area contributed by atoms with E-state index in [1.54, 1.807) is 0 Å². The molecule has 0 aromatic heterocycles. The highest BCUT2D eigenvalue weighted by molar-refractivity contribution is 5.28. The maximum absolute atomic E-state index is 12.3. The lowest BCUT2D eigenvalue weighted by molar-refractivity contribution is -0.137. The Balaban J connectivity index is 2.19. The monoisotopic (exact) mass is 228 g/mol. The third kappa shape index (κ3) is 2.44. The van der Waals surface area contributed by atoms with Crippen LogP contribution >= 0.6 is 0 Å². The van der Waals surface area contributed by atoms with Gasteiger partial charge in [0.2, 0.25) is 0 Å². The summed E-state index contributed by atoms with van der Waals surface area (Å²) in [5.74, 6) is 0. The lowest BCUT2D eigenvalue weighted by Gasteiger charge is -2.18. The normalized spacial score (nSPS) is 21.1. The van der Waals surface area contributed by atoms with Gasteiger partial charge in [-0.25, -0.2) is 0 Å². The van der Waals surface area contributed by atoms with Gasteiger partial charge >= 0.3 is 6.18 Å².